The molecule has 0 aromatic heterocycles. The summed E-state index contributed by atoms with van der Waals surface area (Å²) in [6.45, 7) is 3.11. The Kier molecular flexibility index (Phi) is 7.01. The summed E-state index contributed by atoms with van der Waals surface area (Å²) in [5.74, 6) is 0.716. The first-order chi connectivity index (χ1) is 13.6. The van der Waals surface area contributed by atoms with E-state index in [2.05, 4.69) is 5.32 Å². The number of hydrogen-bond acceptors (Lipinski definition) is 3. The second-order valence-corrected chi connectivity index (χ2v) is 6.88. The highest BCUT2D eigenvalue weighted by molar-refractivity contribution is 6.31. The van der Waals surface area contributed by atoms with E-state index in [9.17, 15) is 4.39 Å². The van der Waals surface area contributed by atoms with Crippen LogP contribution in [0.4, 0.5) is 10.1 Å². The molecule has 0 bridgehead atoms. The summed E-state index contributed by atoms with van der Waals surface area (Å²) in [6.07, 6.45) is 0. The maximum absolute atomic E-state index is 13.2. The van der Waals surface area contributed by atoms with Crippen molar-refractivity contribution in [3.63, 3.8) is 0 Å². The SMILES string of the molecule is CCOc1cc(CNc2ccccc2)c(Cl)cc1OCc1ccc(F)cc1Cl. The summed E-state index contributed by atoms with van der Waals surface area (Å²) in [5.41, 5.74) is 2.57. The Bertz CT molecular complexity index is 935. The van der Waals surface area contributed by atoms with Crippen LogP contribution in [0.5, 0.6) is 11.5 Å². The van der Waals surface area contributed by atoms with E-state index in [1.54, 1.807) is 12.1 Å². The number of hydrogen-bond donors (Lipinski definition) is 1. The van der Waals surface area contributed by atoms with Crippen molar-refractivity contribution >= 4 is 28.9 Å². The smallest absolute Gasteiger partial charge is 0.163 e. The molecular weight excluding hydrogens is 400 g/mol. The zero-order valence-electron chi connectivity index (χ0n) is 15.3. The third-order valence-corrected chi connectivity index (χ3v) is 4.77. The van der Waals surface area contributed by atoms with Gasteiger partial charge in [0.25, 0.3) is 0 Å². The Morgan fingerprint density at radius 1 is 0.857 bits per heavy atom. The second kappa shape index (κ2) is 9.67. The van der Waals surface area contributed by atoms with Crippen molar-refractivity contribution < 1.29 is 13.9 Å². The van der Waals surface area contributed by atoms with Gasteiger partial charge in [-0.1, -0.05) is 47.5 Å². The van der Waals surface area contributed by atoms with Gasteiger partial charge in [-0.2, -0.15) is 0 Å². The van der Waals surface area contributed by atoms with Crippen LogP contribution >= 0.6 is 23.2 Å². The largest absolute Gasteiger partial charge is 0.490 e. The molecule has 0 saturated heterocycles. The third kappa shape index (κ3) is 5.31. The van der Waals surface area contributed by atoms with Crippen molar-refractivity contribution in [1.82, 2.24) is 0 Å². The molecule has 146 valence electrons. The molecule has 0 amide bonds. The van der Waals surface area contributed by atoms with Gasteiger partial charge in [0.05, 0.1) is 11.6 Å². The predicted octanol–water partition coefficient (Wildman–Crippen LogP) is 6.72. The van der Waals surface area contributed by atoms with Crippen LogP contribution in [-0.4, -0.2) is 6.61 Å². The quantitative estimate of drug-likeness (QED) is 0.439. The summed E-state index contributed by atoms with van der Waals surface area (Å²) in [5, 5.41) is 4.20. The van der Waals surface area contributed by atoms with Crippen LogP contribution in [0.25, 0.3) is 0 Å². The minimum absolute atomic E-state index is 0.178. The summed E-state index contributed by atoms with van der Waals surface area (Å²) < 4.78 is 24.8. The van der Waals surface area contributed by atoms with Crippen molar-refractivity contribution in [2.75, 3.05) is 11.9 Å². The van der Waals surface area contributed by atoms with Gasteiger partial charge >= 0.3 is 0 Å². The fraction of sp³-hybridized carbons (Fsp3) is 0.182. The van der Waals surface area contributed by atoms with E-state index in [-0.39, 0.29) is 12.4 Å². The van der Waals surface area contributed by atoms with Gasteiger partial charge in [-0.15, -0.1) is 0 Å². The maximum atomic E-state index is 13.2. The van der Waals surface area contributed by atoms with E-state index in [0.717, 1.165) is 11.3 Å². The zero-order chi connectivity index (χ0) is 19.9. The van der Waals surface area contributed by atoms with E-state index in [1.165, 1.54) is 12.1 Å². The molecule has 3 rings (SSSR count). The van der Waals surface area contributed by atoms with Crippen LogP contribution in [0.1, 0.15) is 18.1 Å². The van der Waals surface area contributed by atoms with Gasteiger partial charge in [0, 0.05) is 28.9 Å². The van der Waals surface area contributed by atoms with Crippen LogP contribution in [0.15, 0.2) is 60.7 Å². The molecule has 0 aliphatic rings. The Morgan fingerprint density at radius 2 is 1.57 bits per heavy atom. The highest BCUT2D eigenvalue weighted by atomic mass is 35.5. The van der Waals surface area contributed by atoms with Crippen LogP contribution in [0.3, 0.4) is 0 Å². The maximum Gasteiger partial charge on any atom is 0.163 e. The van der Waals surface area contributed by atoms with E-state index in [0.29, 0.717) is 40.3 Å². The molecule has 3 aromatic carbocycles. The lowest BCUT2D eigenvalue weighted by atomic mass is 10.2. The van der Waals surface area contributed by atoms with Gasteiger partial charge in [-0.3, -0.25) is 0 Å². The number of halogens is 3. The molecule has 0 atom stereocenters. The summed E-state index contributed by atoms with van der Waals surface area (Å²) >= 11 is 12.5. The van der Waals surface area contributed by atoms with Crippen LogP contribution < -0.4 is 14.8 Å². The molecule has 0 fully saturated rings. The molecule has 3 aromatic rings. The number of rotatable bonds is 8. The number of ether oxygens (including phenoxy) is 2. The number of para-hydroxylation sites is 1. The van der Waals surface area contributed by atoms with Crippen molar-refractivity contribution in [3.05, 3.63) is 87.7 Å². The number of anilines is 1. The summed E-state index contributed by atoms with van der Waals surface area (Å²) in [6, 6.07) is 17.7. The Hall–Kier alpha value is -2.43. The van der Waals surface area contributed by atoms with Gasteiger partial charge in [-0.25, -0.2) is 4.39 Å². The minimum Gasteiger partial charge on any atom is -0.490 e. The lowest BCUT2D eigenvalue weighted by molar-refractivity contribution is 0.269. The molecule has 0 radical (unpaired) electrons. The molecule has 0 saturated carbocycles. The van der Waals surface area contributed by atoms with Crippen LogP contribution in [0.2, 0.25) is 10.0 Å². The fourth-order valence-electron chi connectivity index (χ4n) is 2.64. The first-order valence-electron chi connectivity index (χ1n) is 8.87. The topological polar surface area (TPSA) is 30.5 Å². The van der Waals surface area contributed by atoms with Gasteiger partial charge < -0.3 is 14.8 Å². The fourth-order valence-corrected chi connectivity index (χ4v) is 3.08. The normalized spacial score (nSPS) is 10.6. The van der Waals surface area contributed by atoms with Crippen molar-refractivity contribution in [2.24, 2.45) is 0 Å². The molecule has 3 nitrogen and oxygen atoms in total. The lowest BCUT2D eigenvalue weighted by Gasteiger charge is -2.16. The van der Waals surface area contributed by atoms with Crippen molar-refractivity contribution in [2.45, 2.75) is 20.1 Å². The van der Waals surface area contributed by atoms with E-state index >= 15 is 0 Å². The van der Waals surface area contributed by atoms with Crippen LogP contribution in [0, 0.1) is 5.82 Å². The van der Waals surface area contributed by atoms with Gasteiger partial charge in [0.15, 0.2) is 11.5 Å². The van der Waals surface area contributed by atoms with Crippen LogP contribution in [-0.2, 0) is 13.2 Å². The van der Waals surface area contributed by atoms with E-state index in [1.807, 2.05) is 43.3 Å². The molecule has 0 aliphatic heterocycles. The predicted molar refractivity (Wildman–Crippen MR) is 112 cm³/mol. The van der Waals surface area contributed by atoms with E-state index < -0.39 is 0 Å². The average molecular weight is 420 g/mol. The van der Waals surface area contributed by atoms with Crippen molar-refractivity contribution in [3.8, 4) is 11.5 Å². The standard InChI is InChI=1S/C22H20Cl2FNO2/c1-2-27-21-10-16(13-26-18-6-4-3-5-7-18)20(24)12-22(21)28-14-15-8-9-17(25)11-19(15)23/h3-12,26H,2,13-14H2,1H3. The lowest BCUT2D eigenvalue weighted by Crippen LogP contribution is -2.04. The molecule has 6 heteroatoms. The molecule has 0 heterocycles. The molecule has 1 N–H and O–H groups in total. The zero-order valence-corrected chi connectivity index (χ0v) is 16.9. The molecule has 28 heavy (non-hydrogen) atoms. The Labute approximate surface area is 174 Å². The van der Waals surface area contributed by atoms with Gasteiger partial charge in [0.2, 0.25) is 0 Å². The highest BCUT2D eigenvalue weighted by Crippen LogP contribution is 2.35. The van der Waals surface area contributed by atoms with Gasteiger partial charge in [0.1, 0.15) is 12.4 Å². The molecule has 0 aliphatic carbocycles. The Balaban J connectivity index is 1.76. The van der Waals surface area contributed by atoms with Gasteiger partial charge in [-0.05, 0) is 42.8 Å². The molecular formula is C22H20Cl2FNO2. The molecule has 0 unspecified atom stereocenters. The second-order valence-electron chi connectivity index (χ2n) is 6.07. The Morgan fingerprint density at radius 3 is 2.29 bits per heavy atom. The number of benzene rings is 3. The first kappa shape index (κ1) is 20.3. The third-order valence-electron chi connectivity index (χ3n) is 4.07. The average Bonchev–Trinajstić information content (AvgIpc) is 2.69. The highest BCUT2D eigenvalue weighted by Gasteiger charge is 2.12. The first-order valence-corrected chi connectivity index (χ1v) is 9.63. The van der Waals surface area contributed by atoms with Crippen molar-refractivity contribution in [1.29, 1.82) is 0 Å². The summed E-state index contributed by atoms with van der Waals surface area (Å²) in [7, 11) is 0. The monoisotopic (exact) mass is 419 g/mol. The number of nitrogens with one attached hydrogen (secondary N) is 1. The minimum atomic E-state index is -0.387. The summed E-state index contributed by atoms with van der Waals surface area (Å²) in [4.78, 5) is 0. The molecule has 0 spiro atoms. The van der Waals surface area contributed by atoms with E-state index in [4.69, 9.17) is 32.7 Å².